The number of nitrogens with one attached hydrogen (secondary N) is 1. The van der Waals surface area contributed by atoms with Crippen molar-refractivity contribution < 1.29 is 4.39 Å². The Bertz CT molecular complexity index is 736. The van der Waals surface area contributed by atoms with Crippen molar-refractivity contribution in [3.63, 3.8) is 0 Å². The Labute approximate surface area is 106 Å². The lowest BCUT2D eigenvalue weighted by molar-refractivity contribution is 0.584. The fraction of sp³-hybridized carbons (Fsp3) is 0.182. The molecule has 0 aliphatic rings. The smallest absolute Gasteiger partial charge is 0.295 e. The molecular formula is C11H9ClFN3O2. The van der Waals surface area contributed by atoms with Crippen LogP contribution < -0.4 is 11.2 Å². The van der Waals surface area contributed by atoms with Crippen molar-refractivity contribution in [2.24, 2.45) is 0 Å². The summed E-state index contributed by atoms with van der Waals surface area (Å²) in [7, 11) is 0. The van der Waals surface area contributed by atoms with Gasteiger partial charge in [-0.2, -0.15) is 4.39 Å². The average Bonchev–Trinajstić information content (AvgIpc) is 2.29. The molecule has 18 heavy (non-hydrogen) atoms. The Morgan fingerprint density at radius 3 is 2.61 bits per heavy atom. The summed E-state index contributed by atoms with van der Waals surface area (Å²) < 4.78 is 14.1. The van der Waals surface area contributed by atoms with Crippen LogP contribution >= 0.6 is 11.6 Å². The van der Waals surface area contributed by atoms with Gasteiger partial charge in [-0.1, -0.05) is 11.6 Å². The first-order chi connectivity index (χ1) is 8.41. The number of H-pyrrole nitrogens is 1. The van der Waals surface area contributed by atoms with Gasteiger partial charge in [-0.25, -0.2) is 9.36 Å². The minimum absolute atomic E-state index is 0.224. The molecule has 94 valence electrons. The van der Waals surface area contributed by atoms with Crippen molar-refractivity contribution in [1.29, 1.82) is 0 Å². The van der Waals surface area contributed by atoms with E-state index in [0.717, 1.165) is 5.69 Å². The third-order valence-corrected chi connectivity index (χ3v) is 2.70. The standard InChI is InChI=1S/C11H9ClFN3O2/c1-5-3-4-7(6(2)14-5)16-10(17)8(13)9(12)15-11(16)18/h3-4H,1-2H3,(H,15,18). The van der Waals surface area contributed by atoms with E-state index >= 15 is 0 Å². The van der Waals surface area contributed by atoms with Crippen LogP contribution in [-0.2, 0) is 0 Å². The molecule has 1 N–H and O–H groups in total. The zero-order valence-corrected chi connectivity index (χ0v) is 10.4. The minimum Gasteiger partial charge on any atom is -0.295 e. The molecular weight excluding hydrogens is 261 g/mol. The summed E-state index contributed by atoms with van der Waals surface area (Å²) in [5.41, 5.74) is -0.500. The van der Waals surface area contributed by atoms with E-state index in [0.29, 0.717) is 10.3 Å². The highest BCUT2D eigenvalue weighted by Crippen LogP contribution is 2.10. The summed E-state index contributed by atoms with van der Waals surface area (Å²) in [6, 6.07) is 3.16. The van der Waals surface area contributed by atoms with Crippen LogP contribution in [0.2, 0.25) is 5.15 Å². The monoisotopic (exact) mass is 269 g/mol. The molecule has 0 aromatic carbocycles. The van der Waals surface area contributed by atoms with Gasteiger partial charge in [0, 0.05) is 5.69 Å². The molecule has 0 unspecified atom stereocenters. The van der Waals surface area contributed by atoms with Crippen LogP contribution in [-0.4, -0.2) is 14.5 Å². The van der Waals surface area contributed by atoms with E-state index in [4.69, 9.17) is 11.6 Å². The first kappa shape index (κ1) is 12.5. The molecule has 0 radical (unpaired) electrons. The molecule has 2 heterocycles. The topological polar surface area (TPSA) is 67.8 Å². The first-order valence-electron chi connectivity index (χ1n) is 5.06. The van der Waals surface area contributed by atoms with Crippen molar-refractivity contribution in [1.82, 2.24) is 14.5 Å². The van der Waals surface area contributed by atoms with Gasteiger partial charge < -0.3 is 0 Å². The van der Waals surface area contributed by atoms with E-state index in [9.17, 15) is 14.0 Å². The molecule has 2 rings (SSSR count). The van der Waals surface area contributed by atoms with Gasteiger partial charge >= 0.3 is 5.69 Å². The van der Waals surface area contributed by atoms with E-state index in [2.05, 4.69) is 9.97 Å². The number of aromatic amines is 1. The largest absolute Gasteiger partial charge is 0.334 e. The molecule has 0 amide bonds. The first-order valence-corrected chi connectivity index (χ1v) is 5.44. The SMILES string of the molecule is Cc1ccc(-n2c(=O)[nH]c(Cl)c(F)c2=O)c(C)n1. The molecule has 0 saturated carbocycles. The second-order valence-electron chi connectivity index (χ2n) is 3.76. The second-order valence-corrected chi connectivity index (χ2v) is 4.13. The van der Waals surface area contributed by atoms with Crippen LogP contribution in [0.3, 0.4) is 0 Å². The number of aryl methyl sites for hydroxylation is 2. The zero-order valence-electron chi connectivity index (χ0n) is 9.62. The van der Waals surface area contributed by atoms with E-state index in [1.807, 2.05) is 0 Å². The highest BCUT2D eigenvalue weighted by Gasteiger charge is 2.15. The summed E-state index contributed by atoms with van der Waals surface area (Å²) in [6.45, 7) is 3.40. The average molecular weight is 270 g/mol. The number of aromatic nitrogens is 3. The molecule has 2 aromatic heterocycles. The Balaban J connectivity index is 2.84. The van der Waals surface area contributed by atoms with Crippen molar-refractivity contribution in [2.45, 2.75) is 13.8 Å². The number of hydrogen-bond acceptors (Lipinski definition) is 3. The quantitative estimate of drug-likeness (QED) is 0.794. The number of halogens is 2. The van der Waals surface area contributed by atoms with Crippen molar-refractivity contribution in [3.8, 4) is 5.69 Å². The highest BCUT2D eigenvalue weighted by molar-refractivity contribution is 6.29. The predicted molar refractivity (Wildman–Crippen MR) is 64.9 cm³/mol. The molecule has 0 aliphatic heterocycles. The van der Waals surface area contributed by atoms with Gasteiger partial charge in [-0.15, -0.1) is 0 Å². The molecule has 0 bridgehead atoms. The van der Waals surface area contributed by atoms with Crippen molar-refractivity contribution in [3.05, 3.63) is 55.3 Å². The van der Waals surface area contributed by atoms with Gasteiger partial charge in [-0.3, -0.25) is 14.8 Å². The fourth-order valence-corrected chi connectivity index (χ4v) is 1.78. The van der Waals surface area contributed by atoms with Crippen LogP contribution in [0.25, 0.3) is 5.69 Å². The normalized spacial score (nSPS) is 10.7. The third kappa shape index (κ3) is 1.95. The van der Waals surface area contributed by atoms with Gasteiger partial charge in [0.15, 0.2) is 5.15 Å². The van der Waals surface area contributed by atoms with Crippen LogP contribution in [0.15, 0.2) is 21.7 Å². The molecule has 7 heteroatoms. The zero-order chi connectivity index (χ0) is 13.4. The molecule has 0 fully saturated rings. The Morgan fingerprint density at radius 1 is 1.33 bits per heavy atom. The number of pyridine rings is 1. The highest BCUT2D eigenvalue weighted by atomic mass is 35.5. The molecule has 0 spiro atoms. The summed E-state index contributed by atoms with van der Waals surface area (Å²) >= 11 is 5.38. The molecule has 0 aliphatic carbocycles. The minimum atomic E-state index is -1.20. The number of nitrogens with zero attached hydrogens (tertiary/aromatic N) is 2. The summed E-state index contributed by atoms with van der Waals surface area (Å²) in [5.74, 6) is -1.20. The maximum Gasteiger partial charge on any atom is 0.334 e. The summed E-state index contributed by atoms with van der Waals surface area (Å²) in [5, 5.41) is -0.598. The van der Waals surface area contributed by atoms with Crippen molar-refractivity contribution >= 4 is 11.6 Å². The van der Waals surface area contributed by atoms with Crippen LogP contribution in [0.1, 0.15) is 11.4 Å². The predicted octanol–water partition coefficient (Wildman–Crippen LogP) is 1.33. The van der Waals surface area contributed by atoms with Gasteiger partial charge in [-0.05, 0) is 26.0 Å². The molecule has 5 nitrogen and oxygen atoms in total. The van der Waals surface area contributed by atoms with Gasteiger partial charge in [0.2, 0.25) is 5.82 Å². The van der Waals surface area contributed by atoms with Gasteiger partial charge in [0.25, 0.3) is 5.56 Å². The van der Waals surface area contributed by atoms with Crippen LogP contribution in [0.5, 0.6) is 0 Å². The van der Waals surface area contributed by atoms with E-state index < -0.39 is 22.2 Å². The van der Waals surface area contributed by atoms with Crippen molar-refractivity contribution in [2.75, 3.05) is 0 Å². The summed E-state index contributed by atoms with van der Waals surface area (Å²) in [4.78, 5) is 29.6. The Kier molecular flexibility index (Phi) is 3.04. The fourth-order valence-electron chi connectivity index (χ4n) is 1.62. The van der Waals surface area contributed by atoms with E-state index in [-0.39, 0.29) is 5.69 Å². The van der Waals surface area contributed by atoms with Gasteiger partial charge in [0.1, 0.15) is 0 Å². The lowest BCUT2D eigenvalue weighted by atomic mass is 10.2. The van der Waals surface area contributed by atoms with E-state index in [1.165, 1.54) is 6.07 Å². The number of hydrogen-bond donors (Lipinski definition) is 1. The molecule has 0 atom stereocenters. The maximum absolute atomic E-state index is 13.4. The third-order valence-electron chi connectivity index (χ3n) is 2.44. The van der Waals surface area contributed by atoms with Crippen LogP contribution in [0.4, 0.5) is 4.39 Å². The van der Waals surface area contributed by atoms with Crippen LogP contribution in [0, 0.1) is 19.7 Å². The maximum atomic E-state index is 13.4. The molecule has 0 saturated heterocycles. The second kappa shape index (κ2) is 4.38. The van der Waals surface area contributed by atoms with E-state index in [1.54, 1.807) is 19.9 Å². The lowest BCUT2D eigenvalue weighted by Crippen LogP contribution is -2.36. The van der Waals surface area contributed by atoms with Gasteiger partial charge in [0.05, 0.1) is 11.4 Å². The summed E-state index contributed by atoms with van der Waals surface area (Å²) in [6.07, 6.45) is 0. The number of rotatable bonds is 1. The Hall–Kier alpha value is -1.95. The lowest BCUT2D eigenvalue weighted by Gasteiger charge is -2.08. The molecule has 2 aromatic rings. The Morgan fingerprint density at radius 2 is 2.00 bits per heavy atom.